The summed E-state index contributed by atoms with van der Waals surface area (Å²) >= 11 is 0. The van der Waals surface area contributed by atoms with Gasteiger partial charge in [0.05, 0.1) is 0 Å². The third-order valence-electron chi connectivity index (χ3n) is 2.28. The Morgan fingerprint density at radius 2 is 1.86 bits per heavy atom. The molecule has 0 aliphatic heterocycles. The van der Waals surface area contributed by atoms with E-state index in [0.29, 0.717) is 0 Å². The van der Waals surface area contributed by atoms with Gasteiger partial charge in [-0.2, -0.15) is 0 Å². The van der Waals surface area contributed by atoms with Gasteiger partial charge in [0.1, 0.15) is 0 Å². The fourth-order valence-corrected chi connectivity index (χ4v) is 1.68. The molecule has 1 heteroatoms. The predicted octanol–water partition coefficient (Wildman–Crippen LogP) is 3.42. The summed E-state index contributed by atoms with van der Waals surface area (Å²) in [5.41, 5.74) is 2.56. The van der Waals surface area contributed by atoms with Crippen LogP contribution in [0.15, 0.2) is 18.2 Å². The van der Waals surface area contributed by atoms with Crippen LogP contribution in [0, 0.1) is 13.0 Å². The van der Waals surface area contributed by atoms with Crippen molar-refractivity contribution in [2.24, 2.45) is 0 Å². The minimum atomic E-state index is 1.15. The number of hydrogen-bond donors (Lipinski definition) is 0. The molecule has 77 valence electrons. The third-order valence-corrected chi connectivity index (χ3v) is 2.28. The maximum atomic E-state index is 3.18. The van der Waals surface area contributed by atoms with Gasteiger partial charge in [-0.3, -0.25) is 0 Å². The Hall–Kier alpha value is -0.980. The first-order chi connectivity index (χ1) is 6.77. The van der Waals surface area contributed by atoms with E-state index >= 15 is 0 Å². The van der Waals surface area contributed by atoms with Crippen molar-refractivity contribution in [2.75, 3.05) is 18.0 Å². The molecule has 0 saturated carbocycles. The number of anilines is 1. The highest BCUT2D eigenvalue weighted by atomic mass is 15.1. The fraction of sp³-hybridized carbons (Fsp3) is 0.538. The van der Waals surface area contributed by atoms with Crippen molar-refractivity contribution in [2.45, 2.75) is 33.6 Å². The van der Waals surface area contributed by atoms with Gasteiger partial charge in [0.25, 0.3) is 0 Å². The highest BCUT2D eigenvalue weighted by Gasteiger charge is 2.03. The van der Waals surface area contributed by atoms with Crippen LogP contribution in [0.1, 0.15) is 32.3 Å². The van der Waals surface area contributed by atoms with E-state index in [1.807, 2.05) is 6.07 Å². The number of hydrogen-bond acceptors (Lipinski definition) is 1. The summed E-state index contributed by atoms with van der Waals surface area (Å²) in [6, 6.07) is 9.57. The fourth-order valence-electron chi connectivity index (χ4n) is 1.68. The van der Waals surface area contributed by atoms with E-state index in [9.17, 15) is 0 Å². The molecule has 0 spiro atoms. The second-order valence-corrected chi connectivity index (χ2v) is 3.72. The van der Waals surface area contributed by atoms with Gasteiger partial charge in [0.2, 0.25) is 0 Å². The third kappa shape index (κ3) is 3.06. The lowest BCUT2D eigenvalue weighted by Gasteiger charge is -2.23. The quantitative estimate of drug-likeness (QED) is 0.687. The zero-order valence-electron chi connectivity index (χ0n) is 9.51. The molecule has 0 saturated heterocycles. The molecular formula is C13H20N. The first-order valence-corrected chi connectivity index (χ1v) is 5.51. The smallest absolute Gasteiger partial charge is 0.0369 e. The molecule has 1 rings (SSSR count). The maximum Gasteiger partial charge on any atom is 0.0369 e. The van der Waals surface area contributed by atoms with Crippen LogP contribution in [0.5, 0.6) is 0 Å². The van der Waals surface area contributed by atoms with Crippen LogP contribution in [0.2, 0.25) is 0 Å². The van der Waals surface area contributed by atoms with E-state index in [2.05, 4.69) is 43.9 Å². The molecular weight excluding hydrogens is 170 g/mol. The van der Waals surface area contributed by atoms with Crippen molar-refractivity contribution in [1.82, 2.24) is 0 Å². The average Bonchev–Trinajstić information content (AvgIpc) is 2.17. The van der Waals surface area contributed by atoms with Crippen molar-refractivity contribution < 1.29 is 0 Å². The molecule has 0 bridgehead atoms. The van der Waals surface area contributed by atoms with Crippen LogP contribution in [0.3, 0.4) is 0 Å². The highest BCUT2D eigenvalue weighted by Crippen LogP contribution is 2.15. The standard InChI is InChI=1S/C13H20N/c1-4-9-14(10-5-2)13-8-6-7-12(3)11-13/h6,8,11H,4-5,9-10H2,1-3H3. The largest absolute Gasteiger partial charge is 0.372 e. The molecule has 0 N–H and O–H groups in total. The van der Waals surface area contributed by atoms with E-state index in [1.165, 1.54) is 24.1 Å². The lowest BCUT2D eigenvalue weighted by Crippen LogP contribution is -2.24. The lowest BCUT2D eigenvalue weighted by molar-refractivity contribution is 0.744. The van der Waals surface area contributed by atoms with E-state index in [-0.39, 0.29) is 0 Å². The lowest BCUT2D eigenvalue weighted by atomic mass is 10.2. The molecule has 0 aromatic heterocycles. The van der Waals surface area contributed by atoms with Gasteiger partial charge in [0, 0.05) is 18.8 Å². The van der Waals surface area contributed by atoms with Crippen LogP contribution in [0.25, 0.3) is 0 Å². The molecule has 0 amide bonds. The normalized spacial score (nSPS) is 10.2. The van der Waals surface area contributed by atoms with Gasteiger partial charge in [-0.1, -0.05) is 19.9 Å². The summed E-state index contributed by atoms with van der Waals surface area (Å²) in [4.78, 5) is 2.45. The van der Waals surface area contributed by atoms with Crippen LogP contribution < -0.4 is 4.90 Å². The van der Waals surface area contributed by atoms with Gasteiger partial charge < -0.3 is 4.90 Å². The molecule has 1 aromatic rings. The van der Waals surface area contributed by atoms with Crippen LogP contribution in [-0.4, -0.2) is 13.1 Å². The minimum Gasteiger partial charge on any atom is -0.372 e. The van der Waals surface area contributed by atoms with Crippen LogP contribution in [-0.2, 0) is 0 Å². The number of rotatable bonds is 5. The summed E-state index contributed by atoms with van der Waals surface area (Å²) in [5.74, 6) is 0. The molecule has 1 radical (unpaired) electrons. The molecule has 0 fully saturated rings. The molecule has 0 aliphatic rings. The predicted molar refractivity (Wildman–Crippen MR) is 62.8 cm³/mol. The van der Waals surface area contributed by atoms with Gasteiger partial charge in [-0.05, 0) is 43.5 Å². The Kier molecular flexibility index (Phi) is 4.51. The second kappa shape index (κ2) is 5.69. The van der Waals surface area contributed by atoms with Crippen molar-refractivity contribution in [3.05, 3.63) is 29.8 Å². The van der Waals surface area contributed by atoms with E-state index in [1.54, 1.807) is 0 Å². The molecule has 1 nitrogen and oxygen atoms in total. The molecule has 0 unspecified atom stereocenters. The zero-order chi connectivity index (χ0) is 10.4. The zero-order valence-corrected chi connectivity index (χ0v) is 9.51. The van der Waals surface area contributed by atoms with Crippen molar-refractivity contribution >= 4 is 5.69 Å². The van der Waals surface area contributed by atoms with Gasteiger partial charge >= 0.3 is 0 Å². The van der Waals surface area contributed by atoms with Crippen LogP contribution >= 0.6 is 0 Å². The Morgan fingerprint density at radius 1 is 1.21 bits per heavy atom. The Balaban J connectivity index is 2.75. The maximum absolute atomic E-state index is 3.18. The summed E-state index contributed by atoms with van der Waals surface area (Å²) in [6.45, 7) is 8.85. The van der Waals surface area contributed by atoms with Gasteiger partial charge in [-0.25, -0.2) is 0 Å². The Morgan fingerprint density at radius 3 is 2.36 bits per heavy atom. The summed E-state index contributed by atoms with van der Waals surface area (Å²) < 4.78 is 0. The molecule has 0 heterocycles. The SMILES string of the molecule is CCCN(CCC)c1cc[c]c(C)c1. The Bertz CT molecular complexity index is 262. The Labute approximate surface area is 87.7 Å². The average molecular weight is 190 g/mol. The first-order valence-electron chi connectivity index (χ1n) is 5.51. The molecule has 1 aromatic carbocycles. The monoisotopic (exact) mass is 190 g/mol. The van der Waals surface area contributed by atoms with Crippen molar-refractivity contribution in [1.29, 1.82) is 0 Å². The second-order valence-electron chi connectivity index (χ2n) is 3.72. The number of benzene rings is 1. The number of aryl methyl sites for hydroxylation is 1. The van der Waals surface area contributed by atoms with E-state index < -0.39 is 0 Å². The summed E-state index contributed by atoms with van der Waals surface area (Å²) in [7, 11) is 0. The minimum absolute atomic E-state index is 1.15. The number of nitrogens with zero attached hydrogens (tertiary/aromatic N) is 1. The van der Waals surface area contributed by atoms with E-state index in [0.717, 1.165) is 13.1 Å². The summed E-state index contributed by atoms with van der Waals surface area (Å²) in [6.07, 6.45) is 2.41. The topological polar surface area (TPSA) is 3.24 Å². The van der Waals surface area contributed by atoms with Crippen molar-refractivity contribution in [3.63, 3.8) is 0 Å². The van der Waals surface area contributed by atoms with Crippen molar-refractivity contribution in [3.8, 4) is 0 Å². The van der Waals surface area contributed by atoms with Gasteiger partial charge in [-0.15, -0.1) is 0 Å². The molecule has 0 aliphatic carbocycles. The first kappa shape index (κ1) is 11.1. The molecule has 0 atom stereocenters. The summed E-state index contributed by atoms with van der Waals surface area (Å²) in [5, 5.41) is 0. The highest BCUT2D eigenvalue weighted by molar-refractivity contribution is 5.47. The van der Waals surface area contributed by atoms with Gasteiger partial charge in [0.15, 0.2) is 0 Å². The van der Waals surface area contributed by atoms with Crippen LogP contribution in [0.4, 0.5) is 5.69 Å². The molecule has 14 heavy (non-hydrogen) atoms. The van der Waals surface area contributed by atoms with E-state index in [4.69, 9.17) is 0 Å².